The van der Waals surface area contributed by atoms with Crippen LogP contribution in [0.25, 0.3) is 10.9 Å². The van der Waals surface area contributed by atoms with Crippen LogP contribution in [-0.2, 0) is 20.9 Å². The highest BCUT2D eigenvalue weighted by Crippen LogP contribution is 2.38. The summed E-state index contributed by atoms with van der Waals surface area (Å²) in [7, 11) is 1.55. The molecule has 56 heavy (non-hydrogen) atoms. The van der Waals surface area contributed by atoms with Crippen molar-refractivity contribution in [3.05, 3.63) is 75.8 Å². The predicted octanol–water partition coefficient (Wildman–Crippen LogP) is 7.70. The summed E-state index contributed by atoms with van der Waals surface area (Å²) in [6, 6.07) is 11.6. The summed E-state index contributed by atoms with van der Waals surface area (Å²) in [5, 5.41) is 5.86. The van der Waals surface area contributed by atoms with E-state index < -0.39 is 17.8 Å². The minimum absolute atomic E-state index is 0.106. The van der Waals surface area contributed by atoms with Gasteiger partial charge >= 0.3 is 0 Å². The Bertz CT molecular complexity index is 2170. The number of piperidine rings is 2. The van der Waals surface area contributed by atoms with Crippen LogP contribution in [0.2, 0.25) is 10.0 Å². The minimum atomic E-state index is -0.692. The molecule has 12 nitrogen and oxygen atoms in total. The summed E-state index contributed by atoms with van der Waals surface area (Å²) in [5.74, 6) is 0.819. The zero-order valence-corrected chi connectivity index (χ0v) is 33.1. The van der Waals surface area contributed by atoms with Crippen molar-refractivity contribution in [3.8, 4) is 11.5 Å². The van der Waals surface area contributed by atoms with E-state index in [0.29, 0.717) is 79.1 Å². The molecule has 0 radical (unpaired) electrons. The van der Waals surface area contributed by atoms with Crippen molar-refractivity contribution in [2.24, 2.45) is 0 Å². The molecule has 4 aromatic rings. The molecule has 4 heterocycles. The number of carbonyl (C=O) groups is 4. The van der Waals surface area contributed by atoms with Crippen LogP contribution in [-0.4, -0.2) is 81.5 Å². The van der Waals surface area contributed by atoms with Gasteiger partial charge in [-0.3, -0.25) is 24.5 Å². The zero-order valence-electron chi connectivity index (χ0n) is 30.7. The van der Waals surface area contributed by atoms with Gasteiger partial charge in [-0.05, 0) is 60.9 Å². The van der Waals surface area contributed by atoms with Gasteiger partial charge in [0.2, 0.25) is 17.7 Å². The summed E-state index contributed by atoms with van der Waals surface area (Å²) in [6.45, 7) is 1.55. The number of hydrogen-bond donors (Lipinski definition) is 2. The Hall–Kier alpha value is -4.66. The van der Waals surface area contributed by atoms with Gasteiger partial charge in [0.25, 0.3) is 5.91 Å². The Morgan fingerprint density at radius 2 is 1.82 bits per heavy atom. The number of unbranched alkanes of at least 4 members (excludes halogenated alkanes) is 3. The minimum Gasteiger partial charge on any atom is -0.493 e. The van der Waals surface area contributed by atoms with E-state index in [-0.39, 0.29) is 46.0 Å². The Labute approximate surface area is 337 Å². The van der Waals surface area contributed by atoms with E-state index >= 15 is 0 Å². The first-order valence-electron chi connectivity index (χ1n) is 18.7. The Kier molecular flexibility index (Phi) is 12.5. The van der Waals surface area contributed by atoms with Gasteiger partial charge < -0.3 is 24.6 Å². The number of nitrogens with zero attached hydrogens (tertiary/aromatic N) is 4. The average Bonchev–Trinajstić information content (AvgIpc) is 3.54. The molecule has 2 saturated heterocycles. The maximum Gasteiger partial charge on any atom is 0.255 e. The smallest absolute Gasteiger partial charge is 0.255 e. The zero-order chi connectivity index (χ0) is 39.3. The summed E-state index contributed by atoms with van der Waals surface area (Å²) in [4.78, 5) is 63.4. The Balaban J connectivity index is 0.842. The van der Waals surface area contributed by atoms with Crippen molar-refractivity contribution in [3.63, 3.8) is 0 Å². The normalized spacial score (nSPS) is 17.3. The average molecular weight is 824 g/mol. The molecule has 7 rings (SSSR count). The van der Waals surface area contributed by atoms with Gasteiger partial charge in [-0.2, -0.15) is 0 Å². The van der Waals surface area contributed by atoms with E-state index in [1.165, 1.54) is 18.5 Å². The number of thioether (sulfide) groups is 1. The number of likely N-dealkylation sites (tertiary alicyclic amines) is 1. The predicted molar refractivity (Wildman–Crippen MR) is 212 cm³/mol. The number of halogens is 3. The third kappa shape index (κ3) is 8.67. The molecule has 294 valence electrons. The van der Waals surface area contributed by atoms with Crippen LogP contribution in [0.3, 0.4) is 0 Å². The molecule has 0 spiro atoms. The first kappa shape index (κ1) is 39.6. The highest BCUT2D eigenvalue weighted by Gasteiger charge is 2.39. The van der Waals surface area contributed by atoms with Crippen molar-refractivity contribution in [2.45, 2.75) is 81.4 Å². The summed E-state index contributed by atoms with van der Waals surface area (Å²) in [5.41, 5.74) is 2.25. The van der Waals surface area contributed by atoms with Crippen LogP contribution in [0.1, 0.15) is 73.7 Å². The molecular weight excluding hydrogens is 782 g/mol. The third-order valence-corrected chi connectivity index (χ3v) is 12.3. The van der Waals surface area contributed by atoms with E-state index in [0.717, 1.165) is 41.9 Å². The Morgan fingerprint density at radius 1 is 1.02 bits per heavy atom. The molecule has 0 saturated carbocycles. The lowest BCUT2D eigenvalue weighted by atomic mass is 10.0. The van der Waals surface area contributed by atoms with E-state index in [2.05, 4.69) is 20.6 Å². The van der Waals surface area contributed by atoms with Crippen molar-refractivity contribution in [1.82, 2.24) is 25.1 Å². The molecule has 1 atom stereocenters. The first-order valence-corrected chi connectivity index (χ1v) is 20.4. The second-order valence-electron chi connectivity index (χ2n) is 14.0. The van der Waals surface area contributed by atoms with E-state index in [4.69, 9.17) is 32.7 Å². The number of nitrogens with one attached hydrogen (secondary N) is 2. The van der Waals surface area contributed by atoms with Gasteiger partial charge in [-0.15, -0.1) is 11.8 Å². The number of benzene rings is 3. The van der Waals surface area contributed by atoms with Crippen LogP contribution in [0, 0.1) is 5.82 Å². The number of hydrogen-bond acceptors (Lipinski definition) is 10. The molecule has 1 aromatic heterocycles. The van der Waals surface area contributed by atoms with Crippen LogP contribution in [0.5, 0.6) is 11.5 Å². The number of methoxy groups -OCH3 is 1. The van der Waals surface area contributed by atoms with Gasteiger partial charge in [-0.1, -0.05) is 42.1 Å². The van der Waals surface area contributed by atoms with Gasteiger partial charge in [-0.25, -0.2) is 14.4 Å². The molecule has 1 unspecified atom stereocenters. The summed E-state index contributed by atoms with van der Waals surface area (Å²) >= 11 is 13.7. The summed E-state index contributed by atoms with van der Waals surface area (Å²) in [6.07, 6.45) is 7.35. The number of amides is 4. The fourth-order valence-electron chi connectivity index (χ4n) is 7.33. The lowest BCUT2D eigenvalue weighted by molar-refractivity contribution is -0.137. The van der Waals surface area contributed by atoms with Crippen LogP contribution in [0.15, 0.2) is 53.7 Å². The number of aromatic nitrogens is 2. The van der Waals surface area contributed by atoms with E-state index in [1.54, 1.807) is 42.0 Å². The largest absolute Gasteiger partial charge is 0.493 e. The third-order valence-electron chi connectivity index (χ3n) is 10.4. The highest BCUT2D eigenvalue weighted by molar-refractivity contribution is 7.99. The fourth-order valence-corrected chi connectivity index (χ4v) is 8.74. The van der Waals surface area contributed by atoms with Crippen LogP contribution in [0.4, 0.5) is 15.9 Å². The highest BCUT2D eigenvalue weighted by atomic mass is 35.5. The number of anilines is 2. The number of imide groups is 1. The molecule has 16 heteroatoms. The fraction of sp³-hybridized carbons (Fsp3) is 0.400. The van der Waals surface area contributed by atoms with Crippen molar-refractivity contribution < 1.29 is 33.0 Å². The first-order chi connectivity index (χ1) is 27.1. The summed E-state index contributed by atoms with van der Waals surface area (Å²) < 4.78 is 26.8. The molecule has 2 fully saturated rings. The molecule has 0 bridgehead atoms. The maximum absolute atomic E-state index is 14.8. The SMILES string of the molecule is COc1cc2ncnc(Nc3ccc(Cl)c(Cl)c3F)c2cc1OC1CCN(C(=O)CCCCCCSc2cccc3c2CN(C2CCC(=O)NC2=O)C3=O)CC1. The van der Waals surface area contributed by atoms with Gasteiger partial charge in [0.15, 0.2) is 17.3 Å². The van der Waals surface area contributed by atoms with Crippen molar-refractivity contribution in [2.75, 3.05) is 31.3 Å². The van der Waals surface area contributed by atoms with Gasteiger partial charge in [0.05, 0.1) is 28.4 Å². The van der Waals surface area contributed by atoms with Crippen molar-refractivity contribution >= 4 is 81.0 Å². The second-order valence-corrected chi connectivity index (χ2v) is 15.9. The lowest BCUT2D eigenvalue weighted by Gasteiger charge is -2.32. The van der Waals surface area contributed by atoms with Crippen molar-refractivity contribution in [1.29, 1.82) is 0 Å². The molecular formula is C40H41Cl2FN6O6S. The molecule has 3 aromatic carbocycles. The van der Waals surface area contributed by atoms with Crippen LogP contribution >= 0.6 is 35.0 Å². The van der Waals surface area contributed by atoms with E-state index in [1.807, 2.05) is 17.0 Å². The van der Waals surface area contributed by atoms with Gasteiger partial charge in [0.1, 0.15) is 24.3 Å². The topological polar surface area (TPSA) is 143 Å². The maximum atomic E-state index is 14.8. The van der Waals surface area contributed by atoms with Gasteiger partial charge in [0, 0.05) is 67.2 Å². The monoisotopic (exact) mass is 822 g/mol. The molecule has 3 aliphatic heterocycles. The second kappa shape index (κ2) is 17.6. The Morgan fingerprint density at radius 3 is 2.61 bits per heavy atom. The van der Waals surface area contributed by atoms with Crippen LogP contribution < -0.4 is 20.1 Å². The molecule has 0 aliphatic carbocycles. The lowest BCUT2D eigenvalue weighted by Crippen LogP contribution is -2.52. The quantitative estimate of drug-likeness (QED) is 0.0562. The number of carbonyl (C=O) groups excluding carboxylic acids is 4. The molecule has 4 amide bonds. The van der Waals surface area contributed by atoms with E-state index in [9.17, 15) is 23.6 Å². The number of rotatable bonds is 14. The number of ether oxygens (including phenoxy) is 2. The molecule has 2 N–H and O–H groups in total. The number of fused-ring (bicyclic) bond motifs is 2. The standard InChI is InChI=1S/C40H41Cl2FN6O6S/c1-54-31-20-29-25(38(45-22-44-29)46-28-11-10-27(41)36(42)37(28)43)19-32(31)55-23-14-16-48(17-15-23)35(51)9-4-2-3-5-18-56-33-8-6-7-24-26(33)21-49(40(24)53)30-12-13-34(50)47-39(30)52/h6-8,10-11,19-20,22-23,30H,2-5,9,12-18,21H2,1H3,(H,44,45,46)(H,47,50,52). The molecule has 3 aliphatic rings.